The van der Waals surface area contributed by atoms with Gasteiger partial charge in [-0.25, -0.2) is 0 Å². The van der Waals surface area contributed by atoms with Crippen LogP contribution in [-0.4, -0.2) is 22.4 Å². The number of alkyl halides is 3. The lowest BCUT2D eigenvalue weighted by Gasteiger charge is -2.19. The first-order valence-electron chi connectivity index (χ1n) is 9.06. The molecule has 28 heavy (non-hydrogen) atoms. The van der Waals surface area contributed by atoms with Gasteiger partial charge in [-0.3, -0.25) is 4.68 Å². The standard InChI is InChI=1S/C20H23F3N4S/c1-3-27-19(13(2)11-25-27)15-9-18(28-12-15)26-16(10-24)8-14-6-4-5-7-17(14)20(21,22)23/h4-7,9,11-12,16,26H,3,8,10,24H2,1-2H3/t16-/m0/s1. The van der Waals surface area contributed by atoms with E-state index in [0.717, 1.165) is 34.4 Å². The Hall–Kier alpha value is -2.32. The van der Waals surface area contributed by atoms with Crippen LogP contribution in [0, 0.1) is 6.92 Å². The molecule has 0 bridgehead atoms. The van der Waals surface area contributed by atoms with E-state index in [0.29, 0.717) is 0 Å². The summed E-state index contributed by atoms with van der Waals surface area (Å²) in [6.45, 7) is 5.03. The molecule has 0 amide bonds. The Balaban J connectivity index is 1.78. The number of hydrogen-bond acceptors (Lipinski definition) is 4. The largest absolute Gasteiger partial charge is 0.416 e. The molecule has 0 aliphatic heterocycles. The third-order valence-corrected chi connectivity index (χ3v) is 5.48. The van der Waals surface area contributed by atoms with Gasteiger partial charge in [-0.2, -0.15) is 18.3 Å². The molecule has 0 unspecified atom stereocenters. The number of thiophene rings is 1. The zero-order valence-electron chi connectivity index (χ0n) is 15.8. The molecule has 0 radical (unpaired) electrons. The van der Waals surface area contributed by atoms with E-state index in [1.807, 2.05) is 36.2 Å². The summed E-state index contributed by atoms with van der Waals surface area (Å²) in [5, 5.41) is 10.5. The van der Waals surface area contributed by atoms with E-state index in [1.165, 1.54) is 23.5 Å². The first-order valence-corrected chi connectivity index (χ1v) is 9.94. The lowest BCUT2D eigenvalue weighted by Crippen LogP contribution is -2.31. The van der Waals surface area contributed by atoms with Crippen LogP contribution in [0.1, 0.15) is 23.6 Å². The second kappa shape index (κ2) is 8.36. The predicted molar refractivity (Wildman–Crippen MR) is 108 cm³/mol. The van der Waals surface area contributed by atoms with Gasteiger partial charge in [0, 0.05) is 30.1 Å². The SMILES string of the molecule is CCn1ncc(C)c1-c1csc(N[C@H](CN)Cc2ccccc2C(F)(F)F)c1. The maximum absolute atomic E-state index is 13.2. The molecule has 8 heteroatoms. The molecule has 1 aromatic carbocycles. The highest BCUT2D eigenvalue weighted by Gasteiger charge is 2.33. The van der Waals surface area contributed by atoms with Crippen LogP contribution >= 0.6 is 11.3 Å². The van der Waals surface area contributed by atoms with Crippen molar-refractivity contribution in [2.75, 3.05) is 11.9 Å². The van der Waals surface area contributed by atoms with Crippen LogP contribution in [0.4, 0.5) is 18.2 Å². The Kier molecular flexibility index (Phi) is 6.10. The molecule has 0 saturated heterocycles. The van der Waals surface area contributed by atoms with Crippen molar-refractivity contribution in [1.29, 1.82) is 0 Å². The molecular weight excluding hydrogens is 385 g/mol. The van der Waals surface area contributed by atoms with Gasteiger partial charge in [0.05, 0.1) is 22.5 Å². The van der Waals surface area contributed by atoms with E-state index in [9.17, 15) is 13.2 Å². The molecule has 3 rings (SSSR count). The zero-order valence-corrected chi connectivity index (χ0v) is 16.6. The molecule has 2 heterocycles. The Morgan fingerprint density at radius 1 is 1.29 bits per heavy atom. The molecular formula is C20H23F3N4S. The molecule has 0 aliphatic rings. The number of nitrogens with two attached hydrogens (primary N) is 1. The van der Waals surface area contributed by atoms with Crippen molar-refractivity contribution < 1.29 is 13.2 Å². The van der Waals surface area contributed by atoms with Gasteiger partial charge in [-0.05, 0) is 43.5 Å². The van der Waals surface area contributed by atoms with Crippen molar-refractivity contribution in [2.45, 2.75) is 39.0 Å². The van der Waals surface area contributed by atoms with Crippen LogP contribution in [-0.2, 0) is 19.1 Å². The number of anilines is 1. The fourth-order valence-corrected chi connectivity index (χ4v) is 4.13. The minimum atomic E-state index is -4.37. The lowest BCUT2D eigenvalue weighted by atomic mass is 10.00. The molecule has 2 aromatic heterocycles. The summed E-state index contributed by atoms with van der Waals surface area (Å²) in [4.78, 5) is 0. The van der Waals surface area contributed by atoms with Gasteiger partial charge in [0.25, 0.3) is 0 Å². The van der Waals surface area contributed by atoms with Crippen molar-refractivity contribution in [3.63, 3.8) is 0 Å². The molecule has 0 saturated carbocycles. The highest BCUT2D eigenvalue weighted by Crippen LogP contribution is 2.34. The smallest absolute Gasteiger partial charge is 0.373 e. The minimum Gasteiger partial charge on any atom is -0.373 e. The second-order valence-electron chi connectivity index (χ2n) is 6.63. The van der Waals surface area contributed by atoms with Crippen molar-refractivity contribution in [3.8, 4) is 11.3 Å². The summed E-state index contributed by atoms with van der Waals surface area (Å²) < 4.78 is 41.7. The van der Waals surface area contributed by atoms with E-state index < -0.39 is 11.7 Å². The van der Waals surface area contributed by atoms with E-state index in [4.69, 9.17) is 5.73 Å². The van der Waals surface area contributed by atoms with Crippen LogP contribution in [0.5, 0.6) is 0 Å². The molecule has 0 aliphatic carbocycles. The molecule has 4 nitrogen and oxygen atoms in total. The van der Waals surface area contributed by atoms with Gasteiger partial charge in [-0.1, -0.05) is 18.2 Å². The van der Waals surface area contributed by atoms with Crippen LogP contribution in [0.2, 0.25) is 0 Å². The number of halogens is 3. The average molecular weight is 408 g/mol. The highest BCUT2D eigenvalue weighted by atomic mass is 32.1. The minimum absolute atomic E-state index is 0.200. The summed E-state index contributed by atoms with van der Waals surface area (Å²) in [5.74, 6) is 0. The number of aryl methyl sites for hydroxylation is 2. The van der Waals surface area contributed by atoms with Gasteiger partial charge in [0.2, 0.25) is 0 Å². The maximum atomic E-state index is 13.2. The number of benzene rings is 1. The molecule has 0 spiro atoms. The first-order chi connectivity index (χ1) is 13.3. The summed E-state index contributed by atoms with van der Waals surface area (Å²) in [6.07, 6.45) is -2.34. The van der Waals surface area contributed by atoms with Crippen LogP contribution in [0.25, 0.3) is 11.3 Å². The summed E-state index contributed by atoms with van der Waals surface area (Å²) >= 11 is 1.51. The van der Waals surface area contributed by atoms with Crippen LogP contribution in [0.3, 0.4) is 0 Å². The Labute approximate surface area is 166 Å². The normalized spacial score (nSPS) is 12.9. The number of nitrogens with one attached hydrogen (secondary N) is 1. The van der Waals surface area contributed by atoms with E-state index in [-0.39, 0.29) is 24.6 Å². The van der Waals surface area contributed by atoms with Crippen LogP contribution < -0.4 is 11.1 Å². The van der Waals surface area contributed by atoms with Gasteiger partial charge < -0.3 is 11.1 Å². The first kappa shape index (κ1) is 20.4. The third kappa shape index (κ3) is 4.39. The van der Waals surface area contributed by atoms with E-state index >= 15 is 0 Å². The molecule has 0 fully saturated rings. The van der Waals surface area contributed by atoms with Crippen molar-refractivity contribution in [2.24, 2.45) is 5.73 Å². The van der Waals surface area contributed by atoms with E-state index in [1.54, 1.807) is 6.07 Å². The number of hydrogen-bond donors (Lipinski definition) is 2. The number of rotatable bonds is 7. The lowest BCUT2D eigenvalue weighted by molar-refractivity contribution is -0.138. The Morgan fingerprint density at radius 2 is 2.04 bits per heavy atom. The van der Waals surface area contributed by atoms with E-state index in [2.05, 4.69) is 10.4 Å². The van der Waals surface area contributed by atoms with Gasteiger partial charge in [0.1, 0.15) is 0 Å². The zero-order chi connectivity index (χ0) is 20.3. The van der Waals surface area contributed by atoms with Crippen molar-refractivity contribution >= 4 is 16.3 Å². The van der Waals surface area contributed by atoms with Crippen molar-refractivity contribution in [1.82, 2.24) is 9.78 Å². The Bertz CT molecular complexity index is 930. The molecule has 3 aromatic rings. The molecule has 1 atom stereocenters. The van der Waals surface area contributed by atoms with Gasteiger partial charge in [-0.15, -0.1) is 11.3 Å². The second-order valence-corrected chi connectivity index (χ2v) is 7.54. The Morgan fingerprint density at radius 3 is 2.71 bits per heavy atom. The highest BCUT2D eigenvalue weighted by molar-refractivity contribution is 7.14. The fourth-order valence-electron chi connectivity index (χ4n) is 3.27. The molecule has 3 N–H and O–H groups in total. The summed E-state index contributed by atoms with van der Waals surface area (Å²) in [6, 6.07) is 7.35. The monoisotopic (exact) mass is 408 g/mol. The molecule has 150 valence electrons. The average Bonchev–Trinajstić information content (AvgIpc) is 3.26. The van der Waals surface area contributed by atoms with Gasteiger partial charge in [0.15, 0.2) is 0 Å². The summed E-state index contributed by atoms with van der Waals surface area (Å²) in [5.41, 5.74) is 8.66. The van der Waals surface area contributed by atoms with Crippen LogP contribution in [0.15, 0.2) is 41.9 Å². The maximum Gasteiger partial charge on any atom is 0.416 e. The topological polar surface area (TPSA) is 55.9 Å². The number of aromatic nitrogens is 2. The van der Waals surface area contributed by atoms with Gasteiger partial charge >= 0.3 is 6.18 Å². The summed E-state index contributed by atoms with van der Waals surface area (Å²) in [7, 11) is 0. The number of nitrogens with zero attached hydrogens (tertiary/aromatic N) is 2. The quantitative estimate of drug-likeness (QED) is 0.582. The third-order valence-electron chi connectivity index (χ3n) is 4.61. The predicted octanol–water partition coefficient (Wildman–Crippen LogP) is 4.94. The van der Waals surface area contributed by atoms with Crippen molar-refractivity contribution in [3.05, 3.63) is 58.6 Å². The fraction of sp³-hybridized carbons (Fsp3) is 0.350.